The Balaban J connectivity index is 2.39. The Hall–Kier alpha value is -1.97. The molecule has 19 heavy (non-hydrogen) atoms. The summed E-state index contributed by atoms with van der Waals surface area (Å²) in [6.07, 6.45) is 3.41. The first-order valence-corrected chi connectivity index (χ1v) is 6.28. The number of rotatable bonds is 4. The number of Topliss-reactive ketones (excluding diaryl/α,β-unsaturated/α-hetero) is 1. The van der Waals surface area contributed by atoms with Crippen molar-refractivity contribution in [3.63, 3.8) is 0 Å². The van der Waals surface area contributed by atoms with Crippen molar-refractivity contribution in [2.75, 3.05) is 0 Å². The molecule has 0 aliphatic heterocycles. The lowest BCUT2D eigenvalue weighted by atomic mass is 9.80. The molecule has 0 saturated carbocycles. The van der Waals surface area contributed by atoms with E-state index >= 15 is 0 Å². The van der Waals surface area contributed by atoms with Gasteiger partial charge in [0.15, 0.2) is 5.82 Å². The quantitative estimate of drug-likeness (QED) is 0.791. The Morgan fingerprint density at radius 3 is 2.53 bits per heavy atom. The minimum Gasteiger partial charge on any atom is -0.329 e. The maximum atomic E-state index is 13.0. The zero-order chi connectivity index (χ0) is 14.0. The molecule has 0 fully saturated rings. The van der Waals surface area contributed by atoms with Gasteiger partial charge in [0.1, 0.15) is 5.82 Å². The summed E-state index contributed by atoms with van der Waals surface area (Å²) in [7, 11) is 0. The molecule has 0 atom stereocenters. The Bertz CT molecular complexity index is 584. The molecule has 0 bridgehead atoms. The van der Waals surface area contributed by atoms with Gasteiger partial charge in [-0.25, -0.2) is 9.37 Å². The predicted molar refractivity (Wildman–Crippen MR) is 71.7 cm³/mol. The van der Waals surface area contributed by atoms with Crippen LogP contribution in [0, 0.1) is 5.82 Å². The van der Waals surface area contributed by atoms with E-state index in [0.717, 1.165) is 5.56 Å². The monoisotopic (exact) mass is 260 g/mol. The fraction of sp³-hybridized carbons (Fsp3) is 0.333. The number of hydrogen-bond acceptors (Lipinski definition) is 2. The van der Waals surface area contributed by atoms with Gasteiger partial charge in [-0.15, -0.1) is 0 Å². The van der Waals surface area contributed by atoms with Crippen LogP contribution in [0.1, 0.15) is 37.0 Å². The van der Waals surface area contributed by atoms with Gasteiger partial charge >= 0.3 is 0 Å². The number of aromatic nitrogens is 2. The summed E-state index contributed by atoms with van der Waals surface area (Å²) in [5.41, 5.74) is 0.0518. The van der Waals surface area contributed by atoms with Gasteiger partial charge in [-0.05, 0) is 38.5 Å². The van der Waals surface area contributed by atoms with Crippen molar-refractivity contribution in [2.45, 2.75) is 32.7 Å². The minimum atomic E-state index is -0.730. The molecule has 0 unspecified atom stereocenters. The Morgan fingerprint density at radius 2 is 1.95 bits per heavy atom. The van der Waals surface area contributed by atoms with Crippen molar-refractivity contribution in [3.05, 3.63) is 53.9 Å². The lowest BCUT2D eigenvalue weighted by Crippen LogP contribution is -2.31. The van der Waals surface area contributed by atoms with Gasteiger partial charge in [0.25, 0.3) is 0 Å². The van der Waals surface area contributed by atoms with E-state index < -0.39 is 5.41 Å². The Kier molecular flexibility index (Phi) is 3.51. The van der Waals surface area contributed by atoms with E-state index in [4.69, 9.17) is 0 Å². The zero-order valence-electron chi connectivity index (χ0n) is 11.4. The Labute approximate surface area is 112 Å². The van der Waals surface area contributed by atoms with Gasteiger partial charge in [-0.2, -0.15) is 0 Å². The van der Waals surface area contributed by atoms with Crippen molar-refractivity contribution in [2.24, 2.45) is 0 Å². The third-order valence-electron chi connectivity index (χ3n) is 3.39. The lowest BCUT2D eigenvalue weighted by Gasteiger charge is -2.23. The summed E-state index contributed by atoms with van der Waals surface area (Å²) in [6, 6.07) is 6.03. The van der Waals surface area contributed by atoms with Gasteiger partial charge in [0.2, 0.25) is 5.78 Å². The molecule has 0 N–H and O–H groups in total. The normalized spacial score (nSPS) is 11.6. The molecule has 0 aliphatic rings. The second-order valence-electron chi connectivity index (χ2n) is 5.00. The third kappa shape index (κ3) is 2.43. The highest BCUT2D eigenvalue weighted by Gasteiger charge is 2.33. The summed E-state index contributed by atoms with van der Waals surface area (Å²) in [5, 5.41) is 0. The van der Waals surface area contributed by atoms with Crippen molar-refractivity contribution in [1.82, 2.24) is 9.55 Å². The number of carbonyl (C=O) groups is 1. The summed E-state index contributed by atoms with van der Waals surface area (Å²) in [6.45, 7) is 6.32. The molecule has 100 valence electrons. The van der Waals surface area contributed by atoms with E-state index in [9.17, 15) is 9.18 Å². The first-order chi connectivity index (χ1) is 8.96. The highest BCUT2D eigenvalue weighted by atomic mass is 19.1. The minimum absolute atomic E-state index is 0.0639. The molecule has 2 aromatic rings. The first kappa shape index (κ1) is 13.5. The number of aryl methyl sites for hydroxylation is 1. The molecule has 0 amide bonds. The average molecular weight is 260 g/mol. The fourth-order valence-corrected chi connectivity index (χ4v) is 2.05. The van der Waals surface area contributed by atoms with Crippen LogP contribution in [0.15, 0.2) is 36.7 Å². The number of ketones is 1. The van der Waals surface area contributed by atoms with Crippen molar-refractivity contribution < 1.29 is 9.18 Å². The van der Waals surface area contributed by atoms with Crippen LogP contribution in [0.5, 0.6) is 0 Å². The maximum absolute atomic E-state index is 13.0. The van der Waals surface area contributed by atoms with E-state index in [1.54, 1.807) is 24.5 Å². The molecule has 0 saturated heterocycles. The SMILES string of the molecule is CCn1ccnc1C(=O)C(C)(C)c1ccc(F)cc1. The molecule has 2 rings (SSSR count). The van der Waals surface area contributed by atoms with Crippen LogP contribution in [-0.2, 0) is 12.0 Å². The summed E-state index contributed by atoms with van der Waals surface area (Å²) in [4.78, 5) is 16.8. The number of imidazole rings is 1. The van der Waals surface area contributed by atoms with Gasteiger partial charge in [0, 0.05) is 18.9 Å². The maximum Gasteiger partial charge on any atom is 0.208 e. The molecule has 3 nitrogen and oxygen atoms in total. The molecule has 1 heterocycles. The van der Waals surface area contributed by atoms with Crippen LogP contribution in [0.3, 0.4) is 0 Å². The molecule has 0 radical (unpaired) electrons. The van der Waals surface area contributed by atoms with Gasteiger partial charge < -0.3 is 4.57 Å². The number of carbonyl (C=O) groups excluding carboxylic acids is 1. The van der Waals surface area contributed by atoms with E-state index in [-0.39, 0.29) is 11.6 Å². The van der Waals surface area contributed by atoms with Crippen molar-refractivity contribution in [1.29, 1.82) is 0 Å². The third-order valence-corrected chi connectivity index (χ3v) is 3.39. The van der Waals surface area contributed by atoms with Gasteiger partial charge in [-0.1, -0.05) is 12.1 Å². The van der Waals surface area contributed by atoms with Crippen LogP contribution >= 0.6 is 0 Å². The van der Waals surface area contributed by atoms with Crippen LogP contribution < -0.4 is 0 Å². The first-order valence-electron chi connectivity index (χ1n) is 6.28. The van der Waals surface area contributed by atoms with Crippen LogP contribution in [-0.4, -0.2) is 15.3 Å². The summed E-state index contributed by atoms with van der Waals surface area (Å²) in [5.74, 6) is 0.0739. The standard InChI is InChI=1S/C15H17FN2O/c1-4-18-10-9-17-14(18)13(19)15(2,3)11-5-7-12(16)8-6-11/h5-10H,4H2,1-3H3. The molecule has 0 aliphatic carbocycles. The summed E-state index contributed by atoms with van der Waals surface area (Å²) >= 11 is 0. The molecule has 4 heteroatoms. The van der Waals surface area contributed by atoms with Crippen molar-refractivity contribution in [3.8, 4) is 0 Å². The molecular weight excluding hydrogens is 243 g/mol. The highest BCUT2D eigenvalue weighted by molar-refractivity contribution is 6.01. The Morgan fingerprint density at radius 1 is 1.32 bits per heavy atom. The average Bonchev–Trinajstić information content (AvgIpc) is 2.86. The highest BCUT2D eigenvalue weighted by Crippen LogP contribution is 2.27. The summed E-state index contributed by atoms with van der Waals surface area (Å²) < 4.78 is 14.8. The van der Waals surface area contributed by atoms with E-state index in [2.05, 4.69) is 4.98 Å². The predicted octanol–water partition coefficient (Wildman–Crippen LogP) is 3.20. The largest absolute Gasteiger partial charge is 0.329 e. The van der Waals surface area contributed by atoms with E-state index in [0.29, 0.717) is 12.4 Å². The van der Waals surface area contributed by atoms with Crippen LogP contribution in [0.4, 0.5) is 4.39 Å². The van der Waals surface area contributed by atoms with E-state index in [1.807, 2.05) is 25.3 Å². The van der Waals surface area contributed by atoms with Gasteiger partial charge in [-0.3, -0.25) is 4.79 Å². The van der Waals surface area contributed by atoms with Gasteiger partial charge in [0.05, 0.1) is 5.41 Å². The molecule has 0 spiro atoms. The number of benzene rings is 1. The van der Waals surface area contributed by atoms with Crippen LogP contribution in [0.25, 0.3) is 0 Å². The lowest BCUT2D eigenvalue weighted by molar-refractivity contribution is 0.0893. The van der Waals surface area contributed by atoms with Crippen LogP contribution in [0.2, 0.25) is 0 Å². The second kappa shape index (κ2) is 4.96. The molecule has 1 aromatic heterocycles. The smallest absolute Gasteiger partial charge is 0.208 e. The topological polar surface area (TPSA) is 34.9 Å². The molecule has 1 aromatic carbocycles. The van der Waals surface area contributed by atoms with E-state index in [1.165, 1.54) is 12.1 Å². The number of hydrogen-bond donors (Lipinski definition) is 0. The number of halogens is 1. The fourth-order valence-electron chi connectivity index (χ4n) is 2.05. The van der Waals surface area contributed by atoms with Crippen molar-refractivity contribution >= 4 is 5.78 Å². The second-order valence-corrected chi connectivity index (χ2v) is 5.00. The number of nitrogens with zero attached hydrogens (tertiary/aromatic N) is 2. The molecular formula is C15H17FN2O. The zero-order valence-corrected chi connectivity index (χ0v) is 11.4.